The molecule has 0 bridgehead atoms. The molecular weight excluding hydrogens is 326 g/mol. The summed E-state index contributed by atoms with van der Waals surface area (Å²) in [6.07, 6.45) is 3.19. The van der Waals surface area contributed by atoms with E-state index in [-0.39, 0.29) is 5.91 Å². The molecule has 5 nitrogen and oxygen atoms in total. The summed E-state index contributed by atoms with van der Waals surface area (Å²) < 4.78 is 5.42. The lowest BCUT2D eigenvalue weighted by molar-refractivity contribution is 0.0351. The first-order chi connectivity index (χ1) is 12.6. The van der Waals surface area contributed by atoms with Crippen molar-refractivity contribution in [2.24, 2.45) is 0 Å². The molecule has 2 aromatic rings. The van der Waals surface area contributed by atoms with Gasteiger partial charge in [0.25, 0.3) is 5.91 Å². The van der Waals surface area contributed by atoms with Crippen LogP contribution in [0.4, 0.5) is 0 Å². The van der Waals surface area contributed by atoms with E-state index in [9.17, 15) is 4.79 Å². The van der Waals surface area contributed by atoms with E-state index in [1.54, 1.807) is 7.11 Å². The van der Waals surface area contributed by atoms with Gasteiger partial charge >= 0.3 is 0 Å². The number of ether oxygens (including phenoxy) is 1. The molecule has 2 aliphatic rings. The third-order valence-electron chi connectivity index (χ3n) is 6.04. The lowest BCUT2D eigenvalue weighted by Crippen LogP contribution is -2.40. The summed E-state index contributed by atoms with van der Waals surface area (Å²) in [7, 11) is 1.76. The number of fused-ring (bicyclic) bond motifs is 3. The number of nitrogens with one attached hydrogen (secondary N) is 1. The first-order valence-electron chi connectivity index (χ1n) is 9.76. The molecule has 4 rings (SSSR count). The van der Waals surface area contributed by atoms with Crippen molar-refractivity contribution in [3.8, 4) is 0 Å². The number of likely N-dealkylation sites (tertiary alicyclic amines) is 1. The summed E-state index contributed by atoms with van der Waals surface area (Å²) in [6.45, 7) is 8.11. The highest BCUT2D eigenvalue weighted by atomic mass is 16.5. The lowest BCUT2D eigenvalue weighted by atomic mass is 10.0. The summed E-state index contributed by atoms with van der Waals surface area (Å²) >= 11 is 0. The van der Waals surface area contributed by atoms with Crippen LogP contribution in [0.15, 0.2) is 18.2 Å². The fourth-order valence-corrected chi connectivity index (χ4v) is 4.29. The monoisotopic (exact) mass is 355 g/mol. The van der Waals surface area contributed by atoms with Gasteiger partial charge in [0.05, 0.1) is 6.10 Å². The van der Waals surface area contributed by atoms with Gasteiger partial charge in [-0.3, -0.25) is 9.69 Å². The van der Waals surface area contributed by atoms with Crippen molar-refractivity contribution in [3.63, 3.8) is 0 Å². The molecule has 0 spiro atoms. The third kappa shape index (κ3) is 3.14. The number of nitrogens with zero attached hydrogens (tertiary/aromatic N) is 2. The molecule has 0 atom stereocenters. The molecule has 1 amide bonds. The molecule has 1 N–H and O–H groups in total. The van der Waals surface area contributed by atoms with Crippen LogP contribution < -0.4 is 0 Å². The number of rotatable bonds is 3. The average Bonchev–Trinajstić information content (AvgIpc) is 3.04. The van der Waals surface area contributed by atoms with Gasteiger partial charge in [-0.15, -0.1) is 0 Å². The maximum Gasteiger partial charge on any atom is 0.253 e. The first kappa shape index (κ1) is 17.6. The maximum absolute atomic E-state index is 13.0. The van der Waals surface area contributed by atoms with E-state index >= 15 is 0 Å². The molecule has 0 aliphatic carbocycles. The quantitative estimate of drug-likeness (QED) is 0.920. The van der Waals surface area contributed by atoms with E-state index in [2.05, 4.69) is 35.9 Å². The smallest absolute Gasteiger partial charge is 0.253 e. The zero-order valence-corrected chi connectivity index (χ0v) is 16.0. The van der Waals surface area contributed by atoms with Crippen LogP contribution in [0, 0.1) is 0 Å². The Hall–Kier alpha value is -1.85. The van der Waals surface area contributed by atoms with E-state index in [1.165, 1.54) is 16.6 Å². The first-order valence-corrected chi connectivity index (χ1v) is 9.76. The molecule has 26 heavy (non-hydrogen) atoms. The second kappa shape index (κ2) is 7.05. The van der Waals surface area contributed by atoms with Gasteiger partial charge in [0.2, 0.25) is 0 Å². The summed E-state index contributed by atoms with van der Waals surface area (Å²) in [4.78, 5) is 21.0. The lowest BCUT2D eigenvalue weighted by Gasteiger charge is -2.31. The molecule has 0 radical (unpaired) electrons. The highest BCUT2D eigenvalue weighted by Gasteiger charge is 2.25. The molecule has 0 saturated carbocycles. The number of H-pyrrole nitrogens is 1. The second-order valence-corrected chi connectivity index (χ2v) is 7.88. The van der Waals surface area contributed by atoms with Crippen molar-refractivity contribution in [2.75, 3.05) is 26.7 Å². The van der Waals surface area contributed by atoms with Crippen LogP contribution in [0.3, 0.4) is 0 Å². The number of methoxy groups -OCH3 is 1. The minimum absolute atomic E-state index is 0.146. The van der Waals surface area contributed by atoms with Gasteiger partial charge in [0.1, 0.15) is 0 Å². The highest BCUT2D eigenvalue weighted by Crippen LogP contribution is 2.30. The predicted molar refractivity (Wildman–Crippen MR) is 103 cm³/mol. The van der Waals surface area contributed by atoms with Crippen LogP contribution in [-0.2, 0) is 17.7 Å². The van der Waals surface area contributed by atoms with Gasteiger partial charge in [-0.05, 0) is 50.5 Å². The van der Waals surface area contributed by atoms with Gasteiger partial charge in [-0.25, -0.2) is 0 Å². The Bertz CT molecular complexity index is 803. The topological polar surface area (TPSA) is 48.6 Å². The normalized spacial score (nSPS) is 19.3. The van der Waals surface area contributed by atoms with Crippen molar-refractivity contribution in [1.29, 1.82) is 0 Å². The second-order valence-electron chi connectivity index (χ2n) is 7.88. The highest BCUT2D eigenvalue weighted by molar-refractivity contribution is 5.99. The fourth-order valence-electron chi connectivity index (χ4n) is 4.29. The Kier molecular flexibility index (Phi) is 4.76. The Labute approximate surface area is 155 Å². The van der Waals surface area contributed by atoms with Crippen LogP contribution in [0.1, 0.15) is 48.3 Å². The minimum atomic E-state index is 0.146. The zero-order valence-electron chi connectivity index (χ0n) is 16.0. The number of carbonyl (C=O) groups is 1. The zero-order chi connectivity index (χ0) is 18.3. The van der Waals surface area contributed by atoms with Crippen molar-refractivity contribution in [2.45, 2.75) is 51.8 Å². The molecular formula is C21H29N3O2. The van der Waals surface area contributed by atoms with E-state index in [1.807, 2.05) is 11.0 Å². The average molecular weight is 355 g/mol. The number of hydrogen-bond donors (Lipinski definition) is 1. The van der Waals surface area contributed by atoms with E-state index in [0.29, 0.717) is 12.1 Å². The van der Waals surface area contributed by atoms with Crippen molar-refractivity contribution in [1.82, 2.24) is 14.8 Å². The van der Waals surface area contributed by atoms with Crippen molar-refractivity contribution >= 4 is 16.8 Å². The summed E-state index contributed by atoms with van der Waals surface area (Å²) in [5.74, 6) is 0.146. The Morgan fingerprint density at radius 1 is 1.23 bits per heavy atom. The number of aromatic amines is 1. The van der Waals surface area contributed by atoms with Crippen molar-refractivity contribution < 1.29 is 9.53 Å². The van der Waals surface area contributed by atoms with Gasteiger partial charge in [0, 0.05) is 67.9 Å². The summed E-state index contributed by atoms with van der Waals surface area (Å²) in [5.41, 5.74) is 4.65. The maximum atomic E-state index is 13.0. The van der Waals surface area contributed by atoms with Crippen LogP contribution in [0.2, 0.25) is 0 Å². The minimum Gasteiger partial charge on any atom is -0.381 e. The number of carbonyl (C=O) groups excluding carboxylic acids is 1. The molecule has 1 saturated heterocycles. The molecule has 5 heteroatoms. The number of amides is 1. The van der Waals surface area contributed by atoms with Crippen molar-refractivity contribution in [3.05, 3.63) is 35.0 Å². The van der Waals surface area contributed by atoms with Crippen LogP contribution >= 0.6 is 0 Å². The van der Waals surface area contributed by atoms with Crippen LogP contribution in [-0.4, -0.2) is 59.6 Å². The Morgan fingerprint density at radius 3 is 2.69 bits per heavy atom. The Morgan fingerprint density at radius 2 is 2.00 bits per heavy atom. The third-order valence-corrected chi connectivity index (χ3v) is 6.04. The van der Waals surface area contributed by atoms with Crippen LogP contribution in [0.25, 0.3) is 10.9 Å². The number of piperidine rings is 1. The molecule has 1 aromatic carbocycles. The largest absolute Gasteiger partial charge is 0.381 e. The standard InChI is InChI=1S/C21H29N3O2/c1-14(2)24-11-8-20-18(13-24)17-12-15(4-5-19(17)22-20)21(25)23-9-6-16(26-3)7-10-23/h4-5,12,14,16,22H,6-11,13H2,1-3H3. The van der Waals surface area contributed by atoms with Gasteiger partial charge in [-0.2, -0.15) is 0 Å². The van der Waals surface area contributed by atoms with Gasteiger partial charge in [-0.1, -0.05) is 0 Å². The molecule has 0 unspecified atom stereocenters. The molecule has 140 valence electrons. The summed E-state index contributed by atoms with van der Waals surface area (Å²) in [5, 5.41) is 1.21. The number of benzene rings is 1. The number of hydrogen-bond acceptors (Lipinski definition) is 3. The number of aromatic nitrogens is 1. The predicted octanol–water partition coefficient (Wildman–Crippen LogP) is 3.19. The summed E-state index contributed by atoms with van der Waals surface area (Å²) in [6, 6.07) is 6.68. The fraction of sp³-hybridized carbons (Fsp3) is 0.571. The van der Waals surface area contributed by atoms with E-state index < -0.39 is 0 Å². The molecule has 3 heterocycles. The van der Waals surface area contributed by atoms with E-state index in [4.69, 9.17) is 4.74 Å². The molecule has 1 fully saturated rings. The molecule has 1 aromatic heterocycles. The van der Waals surface area contributed by atoms with E-state index in [0.717, 1.165) is 56.5 Å². The van der Waals surface area contributed by atoms with Gasteiger partial charge in [0.15, 0.2) is 0 Å². The van der Waals surface area contributed by atoms with Gasteiger partial charge < -0.3 is 14.6 Å². The van der Waals surface area contributed by atoms with Crippen LogP contribution in [0.5, 0.6) is 0 Å². The SMILES string of the molecule is COC1CCN(C(=O)c2ccc3[nH]c4c(c3c2)CN(C(C)C)CC4)CC1. The molecule has 2 aliphatic heterocycles. The Balaban J connectivity index is 1.59.